The topological polar surface area (TPSA) is 38.3 Å². The van der Waals surface area contributed by atoms with Gasteiger partial charge in [-0.3, -0.25) is 4.79 Å². The van der Waals surface area contributed by atoms with Gasteiger partial charge in [0.1, 0.15) is 5.75 Å². The highest BCUT2D eigenvalue weighted by Crippen LogP contribution is 2.20. The Labute approximate surface area is 96.8 Å². The fourth-order valence-electron chi connectivity index (χ4n) is 1.43. The van der Waals surface area contributed by atoms with Crippen molar-refractivity contribution in [3.63, 3.8) is 0 Å². The number of amides is 1. The van der Waals surface area contributed by atoms with Crippen LogP contribution in [0.3, 0.4) is 0 Å². The fourth-order valence-corrected chi connectivity index (χ4v) is 1.43. The van der Waals surface area contributed by atoms with Crippen molar-refractivity contribution in [2.75, 3.05) is 0 Å². The third-order valence-electron chi connectivity index (χ3n) is 2.14. The summed E-state index contributed by atoms with van der Waals surface area (Å²) >= 11 is 0. The van der Waals surface area contributed by atoms with Crippen LogP contribution in [0.25, 0.3) is 0 Å². The average molecular weight is 221 g/mol. The highest BCUT2D eigenvalue weighted by Gasteiger charge is 2.03. The molecule has 0 bridgehead atoms. The summed E-state index contributed by atoms with van der Waals surface area (Å²) in [7, 11) is 0. The summed E-state index contributed by atoms with van der Waals surface area (Å²) in [5.41, 5.74) is 2.18. The minimum absolute atomic E-state index is 0.0137. The second-order valence-corrected chi connectivity index (χ2v) is 4.18. The molecule has 0 saturated heterocycles. The molecule has 0 aliphatic carbocycles. The molecule has 88 valence electrons. The third-order valence-corrected chi connectivity index (χ3v) is 2.14. The van der Waals surface area contributed by atoms with Crippen molar-refractivity contribution in [2.45, 2.75) is 40.3 Å². The number of benzene rings is 1. The highest BCUT2D eigenvalue weighted by molar-refractivity contribution is 5.72. The molecule has 1 N–H and O–H groups in total. The molecule has 0 unspecified atom stereocenters. The molecule has 0 fully saturated rings. The SMILES string of the molecule is CC(=O)NCc1ccc(OC(C)C)c(C)c1. The summed E-state index contributed by atoms with van der Waals surface area (Å²) in [4.78, 5) is 10.8. The van der Waals surface area contributed by atoms with Gasteiger partial charge in [0.2, 0.25) is 5.91 Å². The normalized spacial score (nSPS) is 10.3. The summed E-state index contributed by atoms with van der Waals surface area (Å²) < 4.78 is 5.64. The van der Waals surface area contributed by atoms with Gasteiger partial charge < -0.3 is 10.1 Å². The van der Waals surface area contributed by atoms with Crippen LogP contribution in [0.5, 0.6) is 5.75 Å². The molecule has 0 aromatic heterocycles. The molecule has 3 heteroatoms. The Kier molecular flexibility index (Phi) is 4.35. The lowest BCUT2D eigenvalue weighted by atomic mass is 10.1. The number of aryl methyl sites for hydroxylation is 1. The first-order chi connectivity index (χ1) is 7.49. The van der Waals surface area contributed by atoms with Crippen molar-refractivity contribution < 1.29 is 9.53 Å². The number of hydrogen-bond donors (Lipinski definition) is 1. The van der Waals surface area contributed by atoms with Crippen LogP contribution in [0.1, 0.15) is 31.9 Å². The third kappa shape index (κ3) is 3.93. The lowest BCUT2D eigenvalue weighted by Gasteiger charge is -2.13. The average Bonchev–Trinajstić information content (AvgIpc) is 2.18. The highest BCUT2D eigenvalue weighted by atomic mass is 16.5. The molecule has 3 nitrogen and oxygen atoms in total. The van der Waals surface area contributed by atoms with E-state index >= 15 is 0 Å². The van der Waals surface area contributed by atoms with Gasteiger partial charge >= 0.3 is 0 Å². The maximum absolute atomic E-state index is 10.8. The maximum atomic E-state index is 10.8. The first kappa shape index (κ1) is 12.6. The van der Waals surface area contributed by atoms with Crippen molar-refractivity contribution in [3.8, 4) is 5.75 Å². The molecule has 0 heterocycles. The molecule has 0 aliphatic rings. The van der Waals surface area contributed by atoms with Gasteiger partial charge in [0.25, 0.3) is 0 Å². The van der Waals surface area contributed by atoms with Gasteiger partial charge in [-0.05, 0) is 38.0 Å². The Morgan fingerprint density at radius 3 is 2.62 bits per heavy atom. The Hall–Kier alpha value is -1.51. The van der Waals surface area contributed by atoms with Gasteiger partial charge in [0, 0.05) is 13.5 Å². The molecule has 1 rings (SSSR count). The number of carbonyl (C=O) groups is 1. The molecule has 1 aromatic carbocycles. The molecule has 16 heavy (non-hydrogen) atoms. The Bertz CT molecular complexity index is 372. The Morgan fingerprint density at radius 2 is 2.12 bits per heavy atom. The van der Waals surface area contributed by atoms with E-state index in [1.165, 1.54) is 6.92 Å². The number of nitrogens with one attached hydrogen (secondary N) is 1. The van der Waals surface area contributed by atoms with Gasteiger partial charge in [-0.15, -0.1) is 0 Å². The van der Waals surface area contributed by atoms with Crippen LogP contribution in [0, 0.1) is 6.92 Å². The van der Waals surface area contributed by atoms with Gasteiger partial charge in [-0.2, -0.15) is 0 Å². The standard InChI is InChI=1S/C13H19NO2/c1-9(2)16-13-6-5-12(7-10(13)3)8-14-11(4)15/h5-7,9H,8H2,1-4H3,(H,14,15). The van der Waals surface area contributed by atoms with Crippen LogP contribution in [0.2, 0.25) is 0 Å². The maximum Gasteiger partial charge on any atom is 0.217 e. The van der Waals surface area contributed by atoms with Crippen molar-refractivity contribution in [1.82, 2.24) is 5.32 Å². The summed E-state index contributed by atoms with van der Waals surface area (Å²) in [6, 6.07) is 5.96. The van der Waals surface area contributed by atoms with E-state index in [0.717, 1.165) is 16.9 Å². The monoisotopic (exact) mass is 221 g/mol. The van der Waals surface area contributed by atoms with Gasteiger partial charge in [-0.1, -0.05) is 12.1 Å². The molecule has 0 spiro atoms. The predicted octanol–water partition coefficient (Wildman–Crippen LogP) is 2.42. The number of ether oxygens (including phenoxy) is 1. The summed E-state index contributed by atoms with van der Waals surface area (Å²) in [5, 5.41) is 2.77. The van der Waals surface area contributed by atoms with E-state index in [9.17, 15) is 4.79 Å². The zero-order chi connectivity index (χ0) is 12.1. The van der Waals surface area contributed by atoms with Gasteiger partial charge in [0.05, 0.1) is 6.10 Å². The summed E-state index contributed by atoms with van der Waals surface area (Å²) in [6.07, 6.45) is 0.180. The Balaban J connectivity index is 2.70. The molecule has 0 radical (unpaired) electrons. The van der Waals surface area contributed by atoms with Crippen molar-refractivity contribution in [2.24, 2.45) is 0 Å². The first-order valence-electron chi connectivity index (χ1n) is 5.49. The second-order valence-electron chi connectivity index (χ2n) is 4.18. The van der Waals surface area contributed by atoms with E-state index in [0.29, 0.717) is 6.54 Å². The minimum atomic E-state index is -0.0137. The van der Waals surface area contributed by atoms with Crippen LogP contribution in [-0.4, -0.2) is 12.0 Å². The van der Waals surface area contributed by atoms with Crippen LogP contribution in [-0.2, 0) is 11.3 Å². The minimum Gasteiger partial charge on any atom is -0.491 e. The van der Waals surface area contributed by atoms with Gasteiger partial charge in [-0.25, -0.2) is 0 Å². The number of carbonyl (C=O) groups excluding carboxylic acids is 1. The van der Waals surface area contributed by atoms with Crippen molar-refractivity contribution in [3.05, 3.63) is 29.3 Å². The fraction of sp³-hybridized carbons (Fsp3) is 0.462. The summed E-state index contributed by atoms with van der Waals surface area (Å²) in [5.74, 6) is 0.890. The van der Waals surface area contributed by atoms with E-state index in [2.05, 4.69) is 5.32 Å². The Morgan fingerprint density at radius 1 is 1.44 bits per heavy atom. The van der Waals surface area contributed by atoms with Crippen molar-refractivity contribution >= 4 is 5.91 Å². The largest absolute Gasteiger partial charge is 0.491 e. The molecule has 0 atom stereocenters. The zero-order valence-corrected chi connectivity index (χ0v) is 10.3. The van der Waals surface area contributed by atoms with Crippen LogP contribution in [0.4, 0.5) is 0 Å². The van der Waals surface area contributed by atoms with E-state index in [4.69, 9.17) is 4.74 Å². The van der Waals surface area contributed by atoms with E-state index < -0.39 is 0 Å². The zero-order valence-electron chi connectivity index (χ0n) is 10.3. The molecular formula is C13H19NO2. The lowest BCUT2D eigenvalue weighted by molar-refractivity contribution is -0.119. The summed E-state index contributed by atoms with van der Waals surface area (Å²) in [6.45, 7) is 8.10. The van der Waals surface area contributed by atoms with Gasteiger partial charge in [0.15, 0.2) is 0 Å². The predicted molar refractivity (Wildman–Crippen MR) is 64.5 cm³/mol. The molecule has 1 amide bonds. The van der Waals surface area contributed by atoms with E-state index in [1.54, 1.807) is 0 Å². The van der Waals surface area contributed by atoms with Crippen LogP contribution in [0.15, 0.2) is 18.2 Å². The molecule has 1 aromatic rings. The van der Waals surface area contributed by atoms with Crippen LogP contribution < -0.4 is 10.1 Å². The number of hydrogen-bond acceptors (Lipinski definition) is 2. The van der Waals surface area contributed by atoms with E-state index in [-0.39, 0.29) is 12.0 Å². The molecule has 0 saturated carbocycles. The first-order valence-corrected chi connectivity index (χ1v) is 5.49. The van der Waals surface area contributed by atoms with Crippen molar-refractivity contribution in [1.29, 1.82) is 0 Å². The molecular weight excluding hydrogens is 202 g/mol. The van der Waals surface area contributed by atoms with Crippen LogP contribution >= 0.6 is 0 Å². The van der Waals surface area contributed by atoms with E-state index in [1.807, 2.05) is 39.0 Å². The molecule has 0 aliphatic heterocycles. The smallest absolute Gasteiger partial charge is 0.217 e. The number of rotatable bonds is 4. The second kappa shape index (κ2) is 5.54. The lowest BCUT2D eigenvalue weighted by Crippen LogP contribution is -2.19. The quantitative estimate of drug-likeness (QED) is 0.848.